The van der Waals surface area contributed by atoms with Crippen LogP contribution in [0.4, 0.5) is 0 Å². The molecule has 0 spiro atoms. The van der Waals surface area contributed by atoms with E-state index in [2.05, 4.69) is 4.90 Å². The number of methoxy groups -OCH3 is 1. The number of esters is 1. The standard InChI is InChI=1S/C45H80N4O15/c1-13-32-45(10,57)38(53)29(6)47(11)24-25(2)22-43(8,56)40(27(4)37(28(5)41(55)62-32)63-35-23-44(9,59-12)39(54)30(7)61-35)64-42-36(52)31(21-26(3)60-42)48-17-14-18-49(20-19-48)34(51)16-15-33(50)46-58/h25-27,29-32,35-36,38-40,42,52-54,56-58H,13-24H2,1-12H3,(H,46,50)/b37-28+/t25-,26-,27+,29-,30+,31?,32-,35+,36-,38-,39+,40-,42+,43-,44-,45-/m1/s1. The number of ether oxygens (including phenoxy) is 6. The summed E-state index contributed by atoms with van der Waals surface area (Å²) in [4.78, 5) is 44.6. The van der Waals surface area contributed by atoms with Crippen LogP contribution < -0.4 is 5.48 Å². The molecular formula is C45H80N4O15. The zero-order valence-electron chi connectivity index (χ0n) is 40.2. The Morgan fingerprint density at radius 3 is 2.23 bits per heavy atom. The van der Waals surface area contributed by atoms with Crippen molar-refractivity contribution in [3.8, 4) is 0 Å². The SMILES string of the molecule is CC[C@H]1OC(=O)/C(C)=C(/O[C@H]2C[C@@](C)(OC)[C@@H](O)[C@H](C)O2)[C@H](C)[C@@H](O[C@@H]2O[C@H](C)CC(N3CCCN(C(=O)CCC(=O)NO)CC3)[C@H]2O)[C@](C)(O)C[C@@H](C)CN(C)[C@H](C)[C@@H](O)[C@]1(C)O. The summed E-state index contributed by atoms with van der Waals surface area (Å²) in [5.41, 5.74) is -3.12. The lowest BCUT2D eigenvalue weighted by Gasteiger charge is -2.47. The number of aliphatic hydroxyl groups excluding tert-OH is 3. The largest absolute Gasteiger partial charge is 0.468 e. The second kappa shape index (κ2) is 22.5. The van der Waals surface area contributed by atoms with Crippen molar-refractivity contribution in [2.75, 3.05) is 46.9 Å². The van der Waals surface area contributed by atoms with Crippen LogP contribution >= 0.6 is 0 Å². The maximum Gasteiger partial charge on any atom is 0.337 e. The molecule has 4 heterocycles. The predicted molar refractivity (Wildman–Crippen MR) is 232 cm³/mol. The van der Waals surface area contributed by atoms with Gasteiger partial charge in [0, 0.05) is 77.1 Å². The molecule has 0 aliphatic carbocycles. The number of hydrogen-bond acceptors (Lipinski definition) is 17. The lowest BCUT2D eigenvalue weighted by Crippen LogP contribution is -2.60. The molecular weight excluding hydrogens is 837 g/mol. The molecule has 19 heteroatoms. The zero-order chi connectivity index (χ0) is 48.1. The highest BCUT2D eigenvalue weighted by atomic mass is 16.7. The number of carbonyl (C=O) groups is 3. The van der Waals surface area contributed by atoms with Crippen molar-refractivity contribution in [3.05, 3.63) is 11.3 Å². The summed E-state index contributed by atoms with van der Waals surface area (Å²) in [5, 5.41) is 68.2. The van der Waals surface area contributed by atoms with Crippen molar-refractivity contribution in [3.63, 3.8) is 0 Å². The van der Waals surface area contributed by atoms with Gasteiger partial charge in [-0.3, -0.25) is 19.7 Å². The molecule has 2 amide bonds. The van der Waals surface area contributed by atoms with Gasteiger partial charge >= 0.3 is 5.97 Å². The number of aliphatic hydroxyl groups is 5. The van der Waals surface area contributed by atoms with Gasteiger partial charge in [0.2, 0.25) is 18.1 Å². The van der Waals surface area contributed by atoms with Gasteiger partial charge in [0.1, 0.15) is 35.8 Å². The monoisotopic (exact) mass is 917 g/mol. The van der Waals surface area contributed by atoms with E-state index in [1.165, 1.54) is 21.0 Å². The summed E-state index contributed by atoms with van der Waals surface area (Å²) in [6, 6.07) is -1.07. The molecule has 19 nitrogen and oxygen atoms in total. The number of nitrogens with zero attached hydrogens (tertiary/aromatic N) is 3. The van der Waals surface area contributed by atoms with E-state index in [0.29, 0.717) is 45.6 Å². The number of hydrogen-bond donors (Lipinski definition) is 7. The third kappa shape index (κ3) is 12.7. The fourth-order valence-corrected chi connectivity index (χ4v) is 10.2. The van der Waals surface area contributed by atoms with Crippen LogP contribution in [-0.4, -0.2) is 194 Å². The normalized spacial score (nSPS) is 43.1. The molecule has 0 bridgehead atoms. The summed E-state index contributed by atoms with van der Waals surface area (Å²) >= 11 is 0. The molecule has 4 aliphatic heterocycles. The first kappa shape index (κ1) is 54.1. The highest BCUT2D eigenvalue weighted by Gasteiger charge is 2.51. The van der Waals surface area contributed by atoms with Crippen molar-refractivity contribution in [2.45, 2.75) is 198 Å². The Kier molecular flexibility index (Phi) is 19.0. The van der Waals surface area contributed by atoms with Gasteiger partial charge in [0.15, 0.2) is 6.29 Å². The van der Waals surface area contributed by atoms with Crippen LogP contribution in [0.15, 0.2) is 11.3 Å². The molecule has 0 saturated carbocycles. The van der Waals surface area contributed by atoms with Gasteiger partial charge in [-0.1, -0.05) is 20.8 Å². The molecule has 0 radical (unpaired) electrons. The molecule has 16 atom stereocenters. The molecule has 4 rings (SSSR count). The average Bonchev–Trinajstić information content (AvgIpc) is 3.50. The van der Waals surface area contributed by atoms with E-state index in [1.54, 1.807) is 51.9 Å². The predicted octanol–water partition coefficient (Wildman–Crippen LogP) is 1.43. The molecule has 1 unspecified atom stereocenters. The molecule has 0 aromatic carbocycles. The van der Waals surface area contributed by atoms with Crippen LogP contribution in [-0.2, 0) is 42.8 Å². The highest BCUT2D eigenvalue weighted by Crippen LogP contribution is 2.40. The third-order valence-corrected chi connectivity index (χ3v) is 14.2. The molecule has 0 aromatic rings. The van der Waals surface area contributed by atoms with Crippen molar-refractivity contribution in [2.24, 2.45) is 11.8 Å². The number of nitrogens with one attached hydrogen (secondary N) is 1. The number of cyclic esters (lactones) is 1. The van der Waals surface area contributed by atoms with E-state index < -0.39 is 102 Å². The summed E-state index contributed by atoms with van der Waals surface area (Å²) in [6.07, 6.45) is -8.19. The van der Waals surface area contributed by atoms with Crippen molar-refractivity contribution in [1.29, 1.82) is 0 Å². The van der Waals surface area contributed by atoms with Crippen LogP contribution in [0.2, 0.25) is 0 Å². The second-order valence-corrected chi connectivity index (χ2v) is 19.6. The molecule has 0 aromatic heterocycles. The van der Waals surface area contributed by atoms with Gasteiger partial charge in [-0.05, 0) is 87.1 Å². The topological polar surface area (TPSA) is 250 Å². The number of hydroxylamine groups is 1. The van der Waals surface area contributed by atoms with E-state index in [1.807, 2.05) is 25.8 Å². The van der Waals surface area contributed by atoms with Gasteiger partial charge in [0.25, 0.3) is 0 Å². The molecule has 7 N–H and O–H groups in total. The van der Waals surface area contributed by atoms with E-state index in [0.717, 1.165) is 0 Å². The van der Waals surface area contributed by atoms with Crippen LogP contribution in [0.3, 0.4) is 0 Å². The van der Waals surface area contributed by atoms with E-state index >= 15 is 0 Å². The van der Waals surface area contributed by atoms with E-state index in [9.17, 15) is 39.9 Å². The zero-order valence-corrected chi connectivity index (χ0v) is 40.2. The fraction of sp³-hybridized carbons (Fsp3) is 0.889. The number of rotatable bonds is 10. The van der Waals surface area contributed by atoms with Crippen molar-refractivity contribution in [1.82, 2.24) is 20.2 Å². The second-order valence-electron chi connectivity index (χ2n) is 19.6. The van der Waals surface area contributed by atoms with Crippen LogP contribution in [0.25, 0.3) is 0 Å². The summed E-state index contributed by atoms with van der Waals surface area (Å²) in [5.74, 6) is -2.86. The molecule has 3 fully saturated rings. The number of likely N-dealkylation sites (N-methyl/N-ethyl adjacent to an activating group) is 1. The third-order valence-electron chi connectivity index (χ3n) is 14.2. The highest BCUT2D eigenvalue weighted by molar-refractivity contribution is 5.88. The Bertz CT molecular complexity index is 1600. The lowest BCUT2D eigenvalue weighted by molar-refractivity contribution is -0.299. The minimum atomic E-state index is -1.87. The van der Waals surface area contributed by atoms with Crippen LogP contribution in [0, 0.1) is 11.8 Å². The van der Waals surface area contributed by atoms with Crippen molar-refractivity contribution < 1.29 is 73.5 Å². The van der Waals surface area contributed by atoms with Gasteiger partial charge < -0.3 is 63.8 Å². The van der Waals surface area contributed by atoms with Crippen LogP contribution in [0.1, 0.15) is 114 Å². The van der Waals surface area contributed by atoms with Gasteiger partial charge in [0.05, 0.1) is 35.1 Å². The van der Waals surface area contributed by atoms with E-state index in [4.69, 9.17) is 33.6 Å². The minimum Gasteiger partial charge on any atom is -0.468 e. The Hall–Kier alpha value is -2.53. The Morgan fingerprint density at radius 1 is 0.938 bits per heavy atom. The summed E-state index contributed by atoms with van der Waals surface area (Å²) < 4.78 is 37.8. The quantitative estimate of drug-likeness (QED) is 0.0931. The smallest absolute Gasteiger partial charge is 0.337 e. The minimum absolute atomic E-state index is 0.0211. The van der Waals surface area contributed by atoms with Gasteiger partial charge in [-0.25, -0.2) is 10.3 Å². The van der Waals surface area contributed by atoms with Crippen molar-refractivity contribution >= 4 is 17.8 Å². The fourth-order valence-electron chi connectivity index (χ4n) is 10.2. The maximum atomic E-state index is 14.4. The molecule has 64 heavy (non-hydrogen) atoms. The first-order valence-electron chi connectivity index (χ1n) is 23.0. The van der Waals surface area contributed by atoms with Crippen LogP contribution in [0.5, 0.6) is 0 Å². The maximum absolute atomic E-state index is 14.4. The van der Waals surface area contributed by atoms with Gasteiger partial charge in [-0.2, -0.15) is 0 Å². The Labute approximate surface area is 379 Å². The molecule has 370 valence electrons. The number of carbonyl (C=O) groups excluding carboxylic acids is 3. The first-order valence-corrected chi connectivity index (χ1v) is 23.0. The molecule has 3 saturated heterocycles. The number of amides is 2. The molecule has 4 aliphatic rings. The first-order chi connectivity index (χ1) is 29.8. The lowest BCUT2D eigenvalue weighted by atomic mass is 9.80. The van der Waals surface area contributed by atoms with E-state index in [-0.39, 0.29) is 55.3 Å². The average molecular weight is 917 g/mol. The Balaban J connectivity index is 1.77. The Morgan fingerprint density at radius 2 is 1.61 bits per heavy atom. The van der Waals surface area contributed by atoms with Gasteiger partial charge in [-0.15, -0.1) is 0 Å². The summed E-state index contributed by atoms with van der Waals surface area (Å²) in [7, 11) is 3.29. The summed E-state index contributed by atoms with van der Waals surface area (Å²) in [6.45, 7) is 19.2.